The molecule has 0 aliphatic rings. The van der Waals surface area contributed by atoms with Crippen molar-refractivity contribution in [2.75, 3.05) is 0 Å². The van der Waals surface area contributed by atoms with Gasteiger partial charge in [0.05, 0.1) is 17.6 Å². The molecule has 11 heteroatoms. The molecule has 5 aromatic rings. The second-order valence-electron chi connectivity index (χ2n) is 7.00. The molecule has 0 aliphatic heterocycles. The van der Waals surface area contributed by atoms with Gasteiger partial charge in [-0.2, -0.15) is 4.98 Å². The van der Waals surface area contributed by atoms with Crippen LogP contribution in [-0.4, -0.2) is 30.5 Å². The molecule has 0 saturated carbocycles. The first-order chi connectivity index (χ1) is 15.9. The third-order valence-electron chi connectivity index (χ3n) is 4.96. The Bertz CT molecular complexity index is 1510. The Morgan fingerprint density at radius 2 is 1.79 bits per heavy atom. The van der Waals surface area contributed by atoms with E-state index in [4.69, 9.17) is 50.9 Å². The van der Waals surface area contributed by atoms with Crippen LogP contribution in [-0.2, 0) is 6.54 Å². The Morgan fingerprint density at radius 1 is 1.00 bits per heavy atom. The Morgan fingerprint density at radius 3 is 2.55 bits per heavy atom. The Hall–Kier alpha value is -2.97. The molecular weight excluding hydrogens is 508 g/mol. The minimum absolute atomic E-state index is 0.159. The summed E-state index contributed by atoms with van der Waals surface area (Å²) in [5, 5.41) is 6.03. The molecule has 33 heavy (non-hydrogen) atoms. The minimum Gasteiger partial charge on any atom is -0.330 e. The molecule has 3 heterocycles. The average Bonchev–Trinajstić information content (AvgIpc) is 3.39. The van der Waals surface area contributed by atoms with Crippen molar-refractivity contribution >= 4 is 63.1 Å². The maximum atomic E-state index is 13.4. The highest BCUT2D eigenvalue weighted by Crippen LogP contribution is 2.35. The van der Waals surface area contributed by atoms with Crippen LogP contribution < -0.4 is 0 Å². The van der Waals surface area contributed by atoms with E-state index in [-0.39, 0.29) is 22.4 Å². The van der Waals surface area contributed by atoms with E-state index in [1.807, 2.05) is 0 Å². The molecule has 2 aromatic carbocycles. The first-order valence-corrected chi connectivity index (χ1v) is 11.0. The van der Waals surface area contributed by atoms with Gasteiger partial charge in [-0.3, -0.25) is 4.79 Å². The lowest BCUT2D eigenvalue weighted by Gasteiger charge is -2.09. The summed E-state index contributed by atoms with van der Waals surface area (Å²) >= 11 is 25.3. The summed E-state index contributed by atoms with van der Waals surface area (Å²) in [4.78, 5) is 25.5. The van der Waals surface area contributed by atoms with Gasteiger partial charge in [0, 0.05) is 26.7 Å². The van der Waals surface area contributed by atoms with Gasteiger partial charge in [0.1, 0.15) is 17.2 Å². The number of hydrogen-bond donors (Lipinski definition) is 0. The van der Waals surface area contributed by atoms with Crippen LogP contribution in [0.25, 0.3) is 22.4 Å². The van der Waals surface area contributed by atoms with Crippen molar-refractivity contribution in [1.82, 2.24) is 24.7 Å². The van der Waals surface area contributed by atoms with Crippen LogP contribution in [0.3, 0.4) is 0 Å². The number of carbonyl (C=O) groups excluding carboxylic acids is 1. The van der Waals surface area contributed by atoms with Gasteiger partial charge in [0.2, 0.25) is 5.82 Å². The Balaban J connectivity index is 1.61. The average molecular weight is 519 g/mol. The van der Waals surface area contributed by atoms with Crippen molar-refractivity contribution in [3.63, 3.8) is 0 Å². The number of rotatable bonds is 5. The molecule has 0 bridgehead atoms. The smallest absolute Gasteiger partial charge is 0.299 e. The summed E-state index contributed by atoms with van der Waals surface area (Å²) < 4.78 is 6.98. The second-order valence-corrected chi connectivity index (χ2v) is 8.63. The highest BCUT2D eigenvalue weighted by molar-refractivity contribution is 6.38. The molecule has 0 spiro atoms. The summed E-state index contributed by atoms with van der Waals surface area (Å²) in [6.45, 7) is 0.302. The summed E-state index contributed by atoms with van der Waals surface area (Å²) in [6.07, 6.45) is 2.89. The molecule has 0 amide bonds. The molecular formula is C22H11Cl4N5O2. The van der Waals surface area contributed by atoms with Crippen molar-refractivity contribution in [3.8, 4) is 11.5 Å². The quantitative estimate of drug-likeness (QED) is 0.251. The molecule has 164 valence electrons. The molecule has 0 fully saturated rings. The molecule has 0 N–H and O–H groups in total. The number of hydrogen-bond acceptors (Lipinski definition) is 6. The molecule has 5 rings (SSSR count). The van der Waals surface area contributed by atoms with Crippen LogP contribution >= 0.6 is 46.4 Å². The van der Waals surface area contributed by atoms with E-state index in [1.165, 1.54) is 12.5 Å². The molecule has 0 radical (unpaired) electrons. The molecule has 0 aliphatic carbocycles. The van der Waals surface area contributed by atoms with Gasteiger partial charge in [0.15, 0.2) is 0 Å². The second kappa shape index (κ2) is 8.76. The highest BCUT2D eigenvalue weighted by atomic mass is 35.5. The number of aromatic nitrogens is 5. The first kappa shape index (κ1) is 21.9. The topological polar surface area (TPSA) is 86.7 Å². The van der Waals surface area contributed by atoms with Crippen LogP contribution in [0.2, 0.25) is 20.2 Å². The fourth-order valence-corrected chi connectivity index (χ4v) is 4.41. The van der Waals surface area contributed by atoms with Crippen LogP contribution in [0, 0.1) is 0 Å². The van der Waals surface area contributed by atoms with Crippen LogP contribution in [0.4, 0.5) is 0 Å². The lowest BCUT2D eigenvalue weighted by atomic mass is 10.1. The SMILES string of the molecule is O=C(c1nc(-c2ccncn2)no1)c1c(Cl)n(Cc2ccc(Cl)cc2Cl)c2ccc(Cl)cc12. The zero-order valence-electron chi connectivity index (χ0n) is 16.5. The number of halogens is 4. The molecule has 0 unspecified atom stereocenters. The largest absolute Gasteiger partial charge is 0.330 e. The van der Waals surface area contributed by atoms with E-state index in [1.54, 1.807) is 47.0 Å². The summed E-state index contributed by atoms with van der Waals surface area (Å²) in [5.74, 6) is -0.610. The van der Waals surface area contributed by atoms with Gasteiger partial charge < -0.3 is 9.09 Å². The van der Waals surface area contributed by atoms with E-state index < -0.39 is 5.78 Å². The Kier molecular flexibility index (Phi) is 5.80. The molecule has 3 aromatic heterocycles. The number of benzene rings is 2. The van der Waals surface area contributed by atoms with E-state index >= 15 is 0 Å². The summed E-state index contributed by atoms with van der Waals surface area (Å²) in [6, 6.07) is 12.0. The lowest BCUT2D eigenvalue weighted by Crippen LogP contribution is -2.04. The standard InChI is InChI=1S/C22H11Cl4N5O2/c23-12-3-4-17-14(7-12)18(20(26)31(17)9-11-1-2-13(24)8-15(11)25)19(32)22-29-21(30-33-22)16-5-6-27-10-28-16/h1-8,10H,9H2. The highest BCUT2D eigenvalue weighted by Gasteiger charge is 2.27. The number of fused-ring (bicyclic) bond motifs is 1. The normalized spacial score (nSPS) is 11.3. The summed E-state index contributed by atoms with van der Waals surface area (Å²) in [7, 11) is 0. The van der Waals surface area contributed by atoms with Crippen LogP contribution in [0.5, 0.6) is 0 Å². The van der Waals surface area contributed by atoms with Gasteiger partial charge in [-0.05, 0) is 42.0 Å². The third kappa shape index (κ3) is 4.09. The number of carbonyl (C=O) groups is 1. The third-order valence-corrected chi connectivity index (χ3v) is 6.18. The Labute approximate surface area is 206 Å². The van der Waals surface area contributed by atoms with E-state index in [2.05, 4.69) is 20.1 Å². The van der Waals surface area contributed by atoms with Crippen molar-refractivity contribution in [2.24, 2.45) is 0 Å². The van der Waals surface area contributed by atoms with E-state index in [9.17, 15) is 4.79 Å². The maximum Gasteiger partial charge on any atom is 0.299 e. The predicted molar refractivity (Wildman–Crippen MR) is 126 cm³/mol. The summed E-state index contributed by atoms with van der Waals surface area (Å²) in [5.41, 5.74) is 2.07. The van der Waals surface area contributed by atoms with Crippen LogP contribution in [0.15, 0.2) is 59.5 Å². The van der Waals surface area contributed by atoms with Gasteiger partial charge >= 0.3 is 0 Å². The molecule has 0 saturated heterocycles. The van der Waals surface area contributed by atoms with Crippen molar-refractivity contribution in [2.45, 2.75) is 6.54 Å². The monoisotopic (exact) mass is 517 g/mol. The fourth-order valence-electron chi connectivity index (χ4n) is 3.44. The maximum absolute atomic E-state index is 13.4. The van der Waals surface area contributed by atoms with Crippen LogP contribution in [0.1, 0.15) is 21.8 Å². The fraction of sp³-hybridized carbons (Fsp3) is 0.0455. The van der Waals surface area contributed by atoms with Gasteiger partial charge in [-0.25, -0.2) is 9.97 Å². The molecule has 7 nitrogen and oxygen atoms in total. The lowest BCUT2D eigenvalue weighted by molar-refractivity contribution is 0.0995. The van der Waals surface area contributed by atoms with Gasteiger partial charge in [0.25, 0.3) is 11.7 Å². The van der Waals surface area contributed by atoms with E-state index in [0.717, 1.165) is 5.56 Å². The number of nitrogens with zero attached hydrogens (tertiary/aromatic N) is 5. The zero-order valence-corrected chi connectivity index (χ0v) is 19.5. The van der Waals surface area contributed by atoms with Gasteiger partial charge in [-0.1, -0.05) is 57.6 Å². The van der Waals surface area contributed by atoms with Crippen molar-refractivity contribution < 1.29 is 9.32 Å². The molecule has 0 atom stereocenters. The van der Waals surface area contributed by atoms with Crippen molar-refractivity contribution in [1.29, 1.82) is 0 Å². The predicted octanol–water partition coefficient (Wildman–Crippen LogP) is 6.37. The van der Waals surface area contributed by atoms with Crippen molar-refractivity contribution in [3.05, 3.63) is 92.2 Å². The van der Waals surface area contributed by atoms with Gasteiger partial charge in [-0.15, -0.1) is 0 Å². The first-order valence-electron chi connectivity index (χ1n) is 9.48. The minimum atomic E-state index is -0.541. The number of ketones is 1. The zero-order chi connectivity index (χ0) is 23.1. The van der Waals surface area contributed by atoms with E-state index in [0.29, 0.717) is 38.2 Å².